The fourth-order valence-corrected chi connectivity index (χ4v) is 1.87. The van der Waals surface area contributed by atoms with Gasteiger partial charge in [0.15, 0.2) is 0 Å². The van der Waals surface area contributed by atoms with Crippen LogP contribution in [-0.4, -0.2) is 10.2 Å². The summed E-state index contributed by atoms with van der Waals surface area (Å²) in [4.78, 5) is 0.543. The van der Waals surface area contributed by atoms with Crippen molar-refractivity contribution in [2.45, 2.75) is 24.1 Å². The van der Waals surface area contributed by atoms with Crippen LogP contribution in [0.3, 0.4) is 0 Å². The monoisotopic (exact) mass is 182 g/mol. The van der Waals surface area contributed by atoms with E-state index >= 15 is 0 Å². The van der Waals surface area contributed by atoms with Crippen LogP contribution in [0.4, 0.5) is 0 Å². The maximum Gasteiger partial charge on any atom is 0.0529 e. The molecule has 0 aromatic heterocycles. The molecular weight excluding hydrogens is 175 g/mol. The van der Waals surface area contributed by atoms with Crippen LogP contribution in [0.1, 0.15) is 13.8 Å². The first kappa shape index (κ1) is 5.90. The average Bonchev–Trinajstić information content (AvgIpc) is 1.91. The minimum absolute atomic E-state index is 0.349. The van der Waals surface area contributed by atoms with Crippen molar-refractivity contribution in [2.75, 3.05) is 0 Å². The van der Waals surface area contributed by atoms with E-state index in [9.17, 15) is 0 Å². The zero-order valence-electron chi connectivity index (χ0n) is 4.41. The molecule has 0 amide bonds. The number of hydrogen-bond donors (Lipinski definition) is 0. The van der Waals surface area contributed by atoms with Gasteiger partial charge in [0.2, 0.25) is 0 Å². The first-order chi connectivity index (χ1) is 3.07. The van der Waals surface area contributed by atoms with E-state index in [4.69, 9.17) is 11.6 Å². The van der Waals surface area contributed by atoms with Crippen LogP contribution < -0.4 is 0 Å². The van der Waals surface area contributed by atoms with Crippen LogP contribution in [0.2, 0.25) is 0 Å². The van der Waals surface area contributed by atoms with Gasteiger partial charge in [-0.25, -0.2) is 0 Å². The van der Waals surface area contributed by atoms with Gasteiger partial charge in [0.05, 0.1) is 5.38 Å². The van der Waals surface area contributed by atoms with Gasteiger partial charge in [0.25, 0.3) is 0 Å². The molecule has 0 aromatic carbocycles. The molecule has 1 aliphatic rings. The molecule has 0 radical (unpaired) electrons. The van der Waals surface area contributed by atoms with Crippen LogP contribution in [0.25, 0.3) is 0 Å². The Kier molecular flexibility index (Phi) is 1.16. The van der Waals surface area contributed by atoms with Crippen LogP contribution >= 0.6 is 27.5 Å². The highest BCUT2D eigenvalue weighted by atomic mass is 79.9. The maximum atomic E-state index is 5.78. The summed E-state index contributed by atoms with van der Waals surface area (Å²) in [7, 11) is 0. The fraction of sp³-hybridized carbons (Fsp3) is 1.00. The van der Waals surface area contributed by atoms with Gasteiger partial charge >= 0.3 is 0 Å². The van der Waals surface area contributed by atoms with E-state index in [-0.39, 0.29) is 0 Å². The fourth-order valence-electron chi connectivity index (χ4n) is 0.515. The third-order valence-corrected chi connectivity index (χ3v) is 4.40. The molecule has 42 valence electrons. The molecule has 0 heterocycles. The van der Waals surface area contributed by atoms with E-state index in [2.05, 4.69) is 29.8 Å². The smallest absolute Gasteiger partial charge is 0.0529 e. The summed E-state index contributed by atoms with van der Waals surface area (Å²) in [5.74, 6) is 0. The molecule has 2 heteroatoms. The Hall–Kier alpha value is 0.770. The third kappa shape index (κ3) is 0.706. The van der Waals surface area contributed by atoms with Gasteiger partial charge in [-0.2, -0.15) is 0 Å². The minimum Gasteiger partial charge on any atom is -0.121 e. The van der Waals surface area contributed by atoms with E-state index in [0.29, 0.717) is 15.6 Å². The second kappa shape index (κ2) is 1.38. The normalized spacial score (nSPS) is 46.3. The van der Waals surface area contributed by atoms with Gasteiger partial charge in [-0.3, -0.25) is 0 Å². The topological polar surface area (TPSA) is 0 Å². The van der Waals surface area contributed by atoms with Crippen molar-refractivity contribution in [3.05, 3.63) is 0 Å². The first-order valence-corrected chi connectivity index (χ1v) is 3.70. The molecule has 1 rings (SSSR count). The SMILES string of the molecule is CC1(C)C(Cl)C1Br. The van der Waals surface area contributed by atoms with Crippen molar-refractivity contribution in [3.63, 3.8) is 0 Å². The molecule has 1 saturated carbocycles. The molecule has 0 saturated heterocycles. The second-order valence-corrected chi connectivity index (χ2v) is 4.08. The highest BCUT2D eigenvalue weighted by Crippen LogP contribution is 2.54. The quantitative estimate of drug-likeness (QED) is 0.506. The predicted molar refractivity (Wildman–Crippen MR) is 36.1 cm³/mol. The zero-order valence-corrected chi connectivity index (χ0v) is 6.75. The van der Waals surface area contributed by atoms with Crippen molar-refractivity contribution in [3.8, 4) is 0 Å². The summed E-state index contributed by atoms with van der Waals surface area (Å²) >= 11 is 9.22. The van der Waals surface area contributed by atoms with Crippen molar-refractivity contribution in [1.29, 1.82) is 0 Å². The van der Waals surface area contributed by atoms with E-state index < -0.39 is 0 Å². The largest absolute Gasteiger partial charge is 0.121 e. The van der Waals surface area contributed by atoms with Crippen molar-refractivity contribution >= 4 is 27.5 Å². The van der Waals surface area contributed by atoms with Crippen LogP contribution in [0.5, 0.6) is 0 Å². The first-order valence-electron chi connectivity index (χ1n) is 2.35. The number of alkyl halides is 2. The van der Waals surface area contributed by atoms with Crippen LogP contribution in [-0.2, 0) is 0 Å². The van der Waals surface area contributed by atoms with Gasteiger partial charge in [-0.1, -0.05) is 29.8 Å². The van der Waals surface area contributed by atoms with Gasteiger partial charge in [0, 0.05) is 4.83 Å². The Morgan fingerprint density at radius 3 is 1.71 bits per heavy atom. The summed E-state index contributed by atoms with van der Waals surface area (Å²) in [6, 6.07) is 0. The highest BCUT2D eigenvalue weighted by molar-refractivity contribution is 9.09. The molecular formula is C5H8BrCl. The molecule has 0 N–H and O–H groups in total. The molecule has 1 aliphatic carbocycles. The van der Waals surface area contributed by atoms with Gasteiger partial charge in [0.1, 0.15) is 0 Å². The Bertz CT molecular complexity index is 80.1. The molecule has 2 unspecified atom stereocenters. The van der Waals surface area contributed by atoms with Gasteiger partial charge in [-0.15, -0.1) is 11.6 Å². The summed E-state index contributed by atoms with van der Waals surface area (Å²) in [6.07, 6.45) is 0. The molecule has 0 spiro atoms. The lowest BCUT2D eigenvalue weighted by atomic mass is 10.2. The predicted octanol–water partition coefficient (Wildman–Crippen LogP) is 2.40. The van der Waals surface area contributed by atoms with Crippen molar-refractivity contribution in [2.24, 2.45) is 5.41 Å². The number of halogens is 2. The lowest BCUT2D eigenvalue weighted by Crippen LogP contribution is -1.87. The van der Waals surface area contributed by atoms with E-state index in [1.807, 2.05) is 0 Å². The summed E-state index contributed by atoms with van der Waals surface area (Å²) in [5, 5.41) is 0.354. The molecule has 0 aliphatic heterocycles. The second-order valence-electron chi connectivity index (χ2n) is 2.62. The lowest BCUT2D eigenvalue weighted by molar-refractivity contribution is 0.662. The molecule has 0 bridgehead atoms. The highest BCUT2D eigenvalue weighted by Gasteiger charge is 2.55. The summed E-state index contributed by atoms with van der Waals surface area (Å²) in [5.41, 5.74) is 0.349. The van der Waals surface area contributed by atoms with Gasteiger partial charge in [-0.05, 0) is 5.41 Å². The third-order valence-electron chi connectivity index (χ3n) is 1.57. The molecule has 1 fully saturated rings. The standard InChI is InChI=1S/C5H8BrCl/c1-5(2)3(6)4(5)7/h3-4H,1-2H3. The van der Waals surface area contributed by atoms with E-state index in [1.54, 1.807) is 0 Å². The molecule has 0 nitrogen and oxygen atoms in total. The Balaban J connectivity index is 2.52. The Labute approximate surface area is 57.4 Å². The van der Waals surface area contributed by atoms with E-state index in [0.717, 1.165) is 0 Å². The summed E-state index contributed by atoms with van der Waals surface area (Å²) in [6.45, 7) is 4.31. The van der Waals surface area contributed by atoms with Crippen LogP contribution in [0, 0.1) is 5.41 Å². The number of rotatable bonds is 0. The van der Waals surface area contributed by atoms with E-state index in [1.165, 1.54) is 0 Å². The van der Waals surface area contributed by atoms with Crippen LogP contribution in [0.15, 0.2) is 0 Å². The average molecular weight is 183 g/mol. The molecule has 0 aromatic rings. The lowest BCUT2D eigenvalue weighted by Gasteiger charge is -1.91. The summed E-state index contributed by atoms with van der Waals surface area (Å²) < 4.78 is 0. The van der Waals surface area contributed by atoms with Crippen molar-refractivity contribution < 1.29 is 0 Å². The maximum absolute atomic E-state index is 5.78. The van der Waals surface area contributed by atoms with Crippen molar-refractivity contribution in [1.82, 2.24) is 0 Å². The zero-order chi connectivity index (χ0) is 5.65. The van der Waals surface area contributed by atoms with Gasteiger partial charge < -0.3 is 0 Å². The molecule has 2 atom stereocenters. The number of hydrogen-bond acceptors (Lipinski definition) is 0. The molecule has 7 heavy (non-hydrogen) atoms. The Morgan fingerprint density at radius 1 is 1.57 bits per heavy atom. The Morgan fingerprint density at radius 2 is 1.71 bits per heavy atom. The minimum atomic E-state index is 0.349.